The molecule has 0 radical (unpaired) electrons. The molecule has 8 nitrogen and oxygen atoms in total. The lowest BCUT2D eigenvalue weighted by Crippen LogP contribution is -2.39. The summed E-state index contributed by atoms with van der Waals surface area (Å²) in [6.07, 6.45) is 1.57. The maximum atomic E-state index is 13.6. The fourth-order valence-electron chi connectivity index (χ4n) is 3.89. The van der Waals surface area contributed by atoms with Crippen molar-refractivity contribution in [2.45, 2.75) is 19.8 Å². The fourth-order valence-corrected chi connectivity index (χ4v) is 5.13. The number of hydrogen-bond donors (Lipinski definition) is 0. The molecule has 0 bridgehead atoms. The van der Waals surface area contributed by atoms with E-state index in [1.54, 1.807) is 4.90 Å². The van der Waals surface area contributed by atoms with Crippen LogP contribution in [0.4, 0.5) is 10.8 Å². The van der Waals surface area contributed by atoms with Crippen molar-refractivity contribution in [1.82, 2.24) is 9.88 Å². The molecule has 11 heteroatoms. The van der Waals surface area contributed by atoms with E-state index in [0.717, 1.165) is 48.3 Å². The highest BCUT2D eigenvalue weighted by Gasteiger charge is 2.25. The van der Waals surface area contributed by atoms with Crippen LogP contribution in [0.2, 0.25) is 5.02 Å². The summed E-state index contributed by atoms with van der Waals surface area (Å²) in [6.45, 7) is 6.48. The summed E-state index contributed by atoms with van der Waals surface area (Å²) >= 11 is 7.74. The zero-order valence-corrected chi connectivity index (χ0v) is 21.1. The van der Waals surface area contributed by atoms with Gasteiger partial charge in [-0.25, -0.2) is 4.98 Å². The number of ether oxygens (including phenoxy) is 1. The van der Waals surface area contributed by atoms with Crippen LogP contribution in [0.5, 0.6) is 0 Å². The molecule has 182 valence electrons. The second-order valence-electron chi connectivity index (χ2n) is 7.80. The number of carbonyl (C=O) groups is 1. The van der Waals surface area contributed by atoms with Crippen molar-refractivity contribution >= 4 is 62.3 Å². The SMILES string of the molecule is CCc1cccc2sc(N(CCCN3CCOCC3)C(=O)c3cc([N+](=O)[O-])ccc3Cl)nc12.Cl. The van der Waals surface area contributed by atoms with Crippen molar-refractivity contribution < 1.29 is 14.5 Å². The lowest BCUT2D eigenvalue weighted by atomic mass is 10.1. The number of nitro groups is 1. The van der Waals surface area contributed by atoms with Crippen LogP contribution >= 0.6 is 35.3 Å². The average molecular weight is 525 g/mol. The van der Waals surface area contributed by atoms with E-state index >= 15 is 0 Å². The van der Waals surface area contributed by atoms with Gasteiger partial charge in [0.15, 0.2) is 5.13 Å². The van der Waals surface area contributed by atoms with Gasteiger partial charge in [0.2, 0.25) is 0 Å². The molecule has 0 unspecified atom stereocenters. The van der Waals surface area contributed by atoms with E-state index in [4.69, 9.17) is 21.3 Å². The summed E-state index contributed by atoms with van der Waals surface area (Å²) in [5, 5.41) is 12.0. The number of anilines is 1. The van der Waals surface area contributed by atoms with Crippen LogP contribution in [0.15, 0.2) is 36.4 Å². The van der Waals surface area contributed by atoms with Gasteiger partial charge in [-0.1, -0.05) is 42.0 Å². The Morgan fingerprint density at radius 1 is 1.29 bits per heavy atom. The van der Waals surface area contributed by atoms with Crippen molar-refractivity contribution in [2.75, 3.05) is 44.3 Å². The van der Waals surface area contributed by atoms with Gasteiger partial charge < -0.3 is 4.74 Å². The molecular weight excluding hydrogens is 499 g/mol. The number of nitro benzene ring substituents is 1. The molecule has 1 aliphatic rings. The first kappa shape index (κ1) is 26.3. The number of morpholine rings is 1. The molecule has 1 amide bonds. The highest BCUT2D eigenvalue weighted by atomic mass is 35.5. The van der Waals surface area contributed by atoms with Crippen molar-refractivity contribution in [2.24, 2.45) is 0 Å². The largest absolute Gasteiger partial charge is 0.379 e. The number of aromatic nitrogens is 1. The highest BCUT2D eigenvalue weighted by Crippen LogP contribution is 2.33. The van der Waals surface area contributed by atoms with Crippen LogP contribution in [-0.2, 0) is 11.2 Å². The molecule has 34 heavy (non-hydrogen) atoms. The number of fused-ring (bicyclic) bond motifs is 1. The van der Waals surface area contributed by atoms with E-state index in [9.17, 15) is 14.9 Å². The third-order valence-electron chi connectivity index (χ3n) is 5.70. The predicted molar refractivity (Wildman–Crippen MR) is 138 cm³/mol. The Kier molecular flexibility index (Phi) is 9.21. The molecule has 1 aromatic heterocycles. The van der Waals surface area contributed by atoms with Gasteiger partial charge in [0.25, 0.3) is 11.6 Å². The van der Waals surface area contributed by atoms with Crippen LogP contribution in [0, 0.1) is 10.1 Å². The number of carbonyl (C=O) groups excluding carboxylic acids is 1. The standard InChI is InChI=1S/C23H25ClN4O4S.ClH/c1-2-16-5-3-6-20-21(16)25-23(33-20)27(10-4-9-26-11-13-32-14-12-26)22(29)18-15-17(28(30)31)7-8-19(18)24;/h3,5-8,15H,2,4,9-14H2,1H3;1H. The molecule has 0 N–H and O–H groups in total. The first-order chi connectivity index (χ1) is 16.0. The van der Waals surface area contributed by atoms with Gasteiger partial charge in [0.05, 0.1) is 38.9 Å². The molecular formula is C23H26Cl2N4O4S. The van der Waals surface area contributed by atoms with Crippen LogP contribution < -0.4 is 4.90 Å². The Balaban J connectivity index is 0.00000324. The normalized spacial score (nSPS) is 14.1. The lowest BCUT2D eigenvalue weighted by molar-refractivity contribution is -0.384. The summed E-state index contributed by atoms with van der Waals surface area (Å²) in [4.78, 5) is 33.1. The van der Waals surface area contributed by atoms with Crippen molar-refractivity contribution in [3.05, 3.63) is 62.7 Å². The number of hydrogen-bond acceptors (Lipinski definition) is 7. The summed E-state index contributed by atoms with van der Waals surface area (Å²) in [5.74, 6) is -0.386. The number of benzene rings is 2. The monoisotopic (exact) mass is 524 g/mol. The maximum absolute atomic E-state index is 13.6. The van der Waals surface area contributed by atoms with E-state index in [1.165, 1.54) is 29.5 Å². The maximum Gasteiger partial charge on any atom is 0.270 e. The number of aryl methyl sites for hydroxylation is 1. The Bertz CT molecular complexity index is 1170. The number of rotatable bonds is 8. The minimum atomic E-state index is -0.527. The number of non-ortho nitro benzene ring substituents is 1. The number of halogens is 2. The Morgan fingerprint density at radius 3 is 2.76 bits per heavy atom. The smallest absolute Gasteiger partial charge is 0.270 e. The van der Waals surface area contributed by atoms with Gasteiger partial charge in [-0.15, -0.1) is 12.4 Å². The minimum Gasteiger partial charge on any atom is -0.379 e. The first-order valence-electron chi connectivity index (χ1n) is 10.9. The molecule has 2 heterocycles. The van der Waals surface area contributed by atoms with E-state index in [0.29, 0.717) is 24.9 Å². The zero-order valence-electron chi connectivity index (χ0n) is 18.7. The van der Waals surface area contributed by atoms with Gasteiger partial charge in [0.1, 0.15) is 0 Å². The number of thiazole rings is 1. The van der Waals surface area contributed by atoms with E-state index in [-0.39, 0.29) is 34.6 Å². The van der Waals surface area contributed by atoms with E-state index < -0.39 is 4.92 Å². The summed E-state index contributed by atoms with van der Waals surface area (Å²) in [7, 11) is 0. The molecule has 2 aromatic carbocycles. The molecule has 3 aromatic rings. The van der Waals surface area contributed by atoms with Gasteiger partial charge in [-0.3, -0.25) is 24.7 Å². The van der Waals surface area contributed by atoms with Crippen molar-refractivity contribution in [1.29, 1.82) is 0 Å². The van der Waals surface area contributed by atoms with Gasteiger partial charge in [0, 0.05) is 38.3 Å². The number of para-hydroxylation sites is 1. The third-order valence-corrected chi connectivity index (χ3v) is 7.07. The molecule has 1 aliphatic heterocycles. The Morgan fingerprint density at radius 2 is 2.06 bits per heavy atom. The zero-order chi connectivity index (χ0) is 23.4. The molecule has 0 aliphatic carbocycles. The summed E-state index contributed by atoms with van der Waals surface area (Å²) < 4.78 is 6.41. The summed E-state index contributed by atoms with van der Waals surface area (Å²) in [5.41, 5.74) is 1.93. The number of amides is 1. The molecule has 0 spiro atoms. The highest BCUT2D eigenvalue weighted by molar-refractivity contribution is 7.22. The van der Waals surface area contributed by atoms with Crippen LogP contribution in [0.3, 0.4) is 0 Å². The van der Waals surface area contributed by atoms with Crippen LogP contribution in [-0.4, -0.2) is 60.1 Å². The minimum absolute atomic E-state index is 0. The van der Waals surface area contributed by atoms with Gasteiger partial charge >= 0.3 is 0 Å². The molecule has 4 rings (SSSR count). The topological polar surface area (TPSA) is 88.8 Å². The van der Waals surface area contributed by atoms with Crippen LogP contribution in [0.25, 0.3) is 10.2 Å². The van der Waals surface area contributed by atoms with E-state index in [1.807, 2.05) is 18.2 Å². The van der Waals surface area contributed by atoms with Gasteiger partial charge in [-0.05, 0) is 30.5 Å². The molecule has 0 saturated carbocycles. The predicted octanol–water partition coefficient (Wildman–Crippen LogP) is 5.21. The summed E-state index contributed by atoms with van der Waals surface area (Å²) in [6, 6.07) is 9.95. The van der Waals surface area contributed by atoms with Crippen molar-refractivity contribution in [3.63, 3.8) is 0 Å². The molecule has 1 saturated heterocycles. The fraction of sp³-hybridized carbons (Fsp3) is 0.391. The van der Waals surface area contributed by atoms with Crippen LogP contribution in [0.1, 0.15) is 29.3 Å². The molecule has 1 fully saturated rings. The van der Waals surface area contributed by atoms with E-state index in [2.05, 4.69) is 11.8 Å². The van der Waals surface area contributed by atoms with Gasteiger partial charge in [-0.2, -0.15) is 0 Å². The van der Waals surface area contributed by atoms with Crippen molar-refractivity contribution in [3.8, 4) is 0 Å². The quantitative estimate of drug-likeness (QED) is 0.296. The Hall–Kier alpha value is -2.30. The average Bonchev–Trinajstić information content (AvgIpc) is 3.26. The second kappa shape index (κ2) is 11.9. The Labute approximate surface area is 213 Å². The third kappa shape index (κ3) is 5.84. The number of nitrogens with zero attached hydrogens (tertiary/aromatic N) is 4. The lowest BCUT2D eigenvalue weighted by Gasteiger charge is -2.27. The first-order valence-corrected chi connectivity index (χ1v) is 12.1. The molecule has 0 atom stereocenters. The second-order valence-corrected chi connectivity index (χ2v) is 9.22.